The number of benzene rings is 1. The van der Waals surface area contributed by atoms with Gasteiger partial charge in [-0.2, -0.15) is 5.10 Å². The predicted molar refractivity (Wildman–Crippen MR) is 119 cm³/mol. The summed E-state index contributed by atoms with van der Waals surface area (Å²) >= 11 is 6.40. The van der Waals surface area contributed by atoms with Gasteiger partial charge >= 0.3 is 0 Å². The number of rotatable bonds is 7. The van der Waals surface area contributed by atoms with Crippen molar-refractivity contribution in [2.24, 2.45) is 7.05 Å². The molecule has 1 aromatic carbocycles. The molecule has 0 aliphatic carbocycles. The largest absolute Gasteiger partial charge is 0.310 e. The Morgan fingerprint density at radius 2 is 2.03 bits per heavy atom. The lowest BCUT2D eigenvalue weighted by molar-refractivity contribution is -0.113. The molecule has 0 atom stereocenters. The van der Waals surface area contributed by atoms with Crippen LogP contribution in [0.2, 0.25) is 0 Å². The van der Waals surface area contributed by atoms with Crippen molar-refractivity contribution >= 4 is 50.8 Å². The van der Waals surface area contributed by atoms with Crippen LogP contribution in [0.25, 0.3) is 10.7 Å². The first kappa shape index (κ1) is 19.9. The number of nitrogens with zero attached hydrogens (tertiary/aromatic N) is 5. The molecule has 3 heterocycles. The second kappa shape index (κ2) is 8.93. The third-order valence-electron chi connectivity index (χ3n) is 4.14. The molecular formula is C19H17BrN6OS2. The van der Waals surface area contributed by atoms with Crippen LogP contribution in [0.3, 0.4) is 0 Å². The van der Waals surface area contributed by atoms with E-state index in [0.717, 1.165) is 20.7 Å². The smallest absolute Gasteiger partial charge is 0.235 e. The molecule has 7 nitrogen and oxygen atoms in total. The van der Waals surface area contributed by atoms with Gasteiger partial charge in [-0.1, -0.05) is 45.9 Å². The lowest BCUT2D eigenvalue weighted by Crippen LogP contribution is -2.18. The van der Waals surface area contributed by atoms with E-state index in [4.69, 9.17) is 0 Å². The summed E-state index contributed by atoms with van der Waals surface area (Å²) in [4.78, 5) is 13.5. The number of hydrogen-bond acceptors (Lipinski definition) is 6. The van der Waals surface area contributed by atoms with Gasteiger partial charge in [0.2, 0.25) is 5.91 Å². The summed E-state index contributed by atoms with van der Waals surface area (Å²) < 4.78 is 4.70. The molecule has 0 aliphatic rings. The first-order valence-corrected chi connectivity index (χ1v) is 11.4. The first-order chi connectivity index (χ1) is 14.1. The summed E-state index contributed by atoms with van der Waals surface area (Å²) in [7, 11) is 1.91. The Morgan fingerprint density at radius 3 is 2.79 bits per heavy atom. The number of amides is 1. The fourth-order valence-corrected chi connectivity index (χ4v) is 4.42. The number of hydrogen-bond donors (Lipinski definition) is 1. The van der Waals surface area contributed by atoms with Crippen molar-refractivity contribution in [3.8, 4) is 10.7 Å². The van der Waals surface area contributed by atoms with Gasteiger partial charge in [-0.25, -0.2) is 4.68 Å². The van der Waals surface area contributed by atoms with Crippen LogP contribution in [0.5, 0.6) is 0 Å². The summed E-state index contributed by atoms with van der Waals surface area (Å²) in [6.07, 6.45) is 1.68. The number of halogens is 1. The molecule has 0 spiro atoms. The molecule has 29 heavy (non-hydrogen) atoms. The highest BCUT2D eigenvalue weighted by Crippen LogP contribution is 2.26. The van der Waals surface area contributed by atoms with Gasteiger partial charge in [0.15, 0.2) is 11.0 Å². The average molecular weight is 489 g/mol. The molecule has 4 rings (SSSR count). The van der Waals surface area contributed by atoms with Crippen molar-refractivity contribution in [2.45, 2.75) is 11.7 Å². The standard InChI is InChI=1S/C19H17BrN6OS2/c1-25-18(15-3-2-10-28-15)23-24-19(25)29-12-17(27)22-16-8-9-21-26(16)11-13-4-6-14(20)7-5-13/h2-10H,11-12H2,1H3,(H,22,27). The number of carbonyl (C=O) groups excluding carboxylic acids is 1. The van der Waals surface area contributed by atoms with Crippen LogP contribution < -0.4 is 5.32 Å². The van der Waals surface area contributed by atoms with Gasteiger partial charge in [0.05, 0.1) is 23.4 Å². The molecule has 0 fully saturated rings. The van der Waals surface area contributed by atoms with Crippen molar-refractivity contribution in [1.29, 1.82) is 0 Å². The minimum atomic E-state index is -0.117. The second-order valence-corrected chi connectivity index (χ2v) is 8.99. The quantitative estimate of drug-likeness (QED) is 0.392. The van der Waals surface area contributed by atoms with Gasteiger partial charge < -0.3 is 9.88 Å². The topological polar surface area (TPSA) is 77.6 Å². The zero-order valence-electron chi connectivity index (χ0n) is 15.4. The maximum atomic E-state index is 12.4. The molecule has 4 aromatic rings. The summed E-state index contributed by atoms with van der Waals surface area (Å²) in [5.41, 5.74) is 1.10. The minimum absolute atomic E-state index is 0.117. The first-order valence-electron chi connectivity index (χ1n) is 8.72. The van der Waals surface area contributed by atoms with E-state index >= 15 is 0 Å². The fraction of sp³-hybridized carbons (Fsp3) is 0.158. The molecule has 0 aliphatic heterocycles. The SMILES string of the molecule is Cn1c(SCC(=O)Nc2ccnn2Cc2ccc(Br)cc2)nnc1-c1cccs1. The van der Waals surface area contributed by atoms with Crippen molar-refractivity contribution in [1.82, 2.24) is 24.5 Å². The third kappa shape index (κ3) is 4.77. The Hall–Kier alpha value is -2.43. The van der Waals surface area contributed by atoms with Crippen molar-refractivity contribution in [3.63, 3.8) is 0 Å². The van der Waals surface area contributed by atoms with E-state index in [2.05, 4.69) is 36.5 Å². The van der Waals surface area contributed by atoms with E-state index in [9.17, 15) is 4.79 Å². The molecule has 3 aromatic heterocycles. The molecule has 10 heteroatoms. The van der Waals surface area contributed by atoms with Crippen LogP contribution >= 0.6 is 39.0 Å². The predicted octanol–water partition coefficient (Wildman–Crippen LogP) is 4.28. The molecule has 0 radical (unpaired) electrons. The number of aromatic nitrogens is 5. The molecule has 1 amide bonds. The Morgan fingerprint density at radius 1 is 1.21 bits per heavy atom. The molecule has 0 unspecified atom stereocenters. The lowest BCUT2D eigenvalue weighted by atomic mass is 10.2. The normalized spacial score (nSPS) is 11.0. The second-order valence-electron chi connectivity index (χ2n) is 6.18. The summed E-state index contributed by atoms with van der Waals surface area (Å²) in [5, 5.41) is 18.4. The molecule has 148 valence electrons. The number of anilines is 1. The van der Waals surface area contributed by atoms with Gasteiger partial charge in [0.25, 0.3) is 0 Å². The van der Waals surface area contributed by atoms with E-state index in [0.29, 0.717) is 17.5 Å². The monoisotopic (exact) mass is 488 g/mol. The van der Waals surface area contributed by atoms with Gasteiger partial charge in [0, 0.05) is 17.6 Å². The van der Waals surface area contributed by atoms with E-state index in [1.807, 2.05) is 53.4 Å². The number of thiophene rings is 1. The van der Waals surface area contributed by atoms with Crippen molar-refractivity contribution in [3.05, 3.63) is 64.1 Å². The van der Waals surface area contributed by atoms with Gasteiger partial charge in [-0.05, 0) is 29.1 Å². The minimum Gasteiger partial charge on any atom is -0.310 e. The maximum absolute atomic E-state index is 12.4. The molecule has 0 bridgehead atoms. The molecular weight excluding hydrogens is 472 g/mol. The highest BCUT2D eigenvalue weighted by atomic mass is 79.9. The Balaban J connectivity index is 1.36. The van der Waals surface area contributed by atoms with Crippen molar-refractivity contribution in [2.75, 3.05) is 11.1 Å². The Labute approximate surface area is 184 Å². The summed E-state index contributed by atoms with van der Waals surface area (Å²) in [5.74, 6) is 1.58. The zero-order chi connectivity index (χ0) is 20.2. The molecule has 0 saturated heterocycles. The Kier molecular flexibility index (Phi) is 6.12. The van der Waals surface area contributed by atoms with Crippen LogP contribution in [0.1, 0.15) is 5.56 Å². The van der Waals surface area contributed by atoms with E-state index in [1.165, 1.54) is 11.8 Å². The van der Waals surface area contributed by atoms with Crippen LogP contribution in [-0.2, 0) is 18.4 Å². The summed E-state index contributed by atoms with van der Waals surface area (Å²) in [6, 6.07) is 13.8. The highest BCUT2D eigenvalue weighted by molar-refractivity contribution is 9.10. The number of thioether (sulfide) groups is 1. The van der Waals surface area contributed by atoms with E-state index in [-0.39, 0.29) is 11.7 Å². The van der Waals surface area contributed by atoms with Crippen LogP contribution in [-0.4, -0.2) is 36.2 Å². The Bertz CT molecular complexity index is 1100. The van der Waals surface area contributed by atoms with Gasteiger partial charge in [0.1, 0.15) is 5.82 Å². The number of nitrogens with one attached hydrogen (secondary N) is 1. The average Bonchev–Trinajstić information content (AvgIpc) is 3.45. The third-order valence-corrected chi connectivity index (χ3v) is 6.55. The molecule has 1 N–H and O–H groups in total. The van der Waals surface area contributed by atoms with Gasteiger partial charge in [-0.3, -0.25) is 4.79 Å². The lowest BCUT2D eigenvalue weighted by Gasteiger charge is -2.09. The van der Waals surface area contributed by atoms with E-state index < -0.39 is 0 Å². The molecule has 0 saturated carbocycles. The van der Waals surface area contributed by atoms with Crippen LogP contribution in [0.4, 0.5) is 5.82 Å². The van der Waals surface area contributed by atoms with Gasteiger partial charge in [-0.15, -0.1) is 21.5 Å². The van der Waals surface area contributed by atoms with Crippen LogP contribution in [0, 0.1) is 0 Å². The van der Waals surface area contributed by atoms with Crippen LogP contribution in [0.15, 0.2) is 63.7 Å². The highest BCUT2D eigenvalue weighted by Gasteiger charge is 2.14. The number of carbonyl (C=O) groups is 1. The zero-order valence-corrected chi connectivity index (χ0v) is 18.7. The van der Waals surface area contributed by atoms with Crippen molar-refractivity contribution < 1.29 is 4.79 Å². The van der Waals surface area contributed by atoms with E-state index in [1.54, 1.807) is 28.3 Å². The summed E-state index contributed by atoms with van der Waals surface area (Å²) in [6.45, 7) is 0.580. The maximum Gasteiger partial charge on any atom is 0.235 e. The fourth-order valence-electron chi connectivity index (χ4n) is 2.70.